The quantitative estimate of drug-likeness (QED) is 0.805. The summed E-state index contributed by atoms with van der Waals surface area (Å²) in [6.07, 6.45) is 7.28. The summed E-state index contributed by atoms with van der Waals surface area (Å²) in [5, 5.41) is 9.03. The summed E-state index contributed by atoms with van der Waals surface area (Å²) in [5.41, 5.74) is 3.67. The average Bonchev–Trinajstić information content (AvgIpc) is 3.10. The first-order chi connectivity index (χ1) is 10.3. The minimum atomic E-state index is 0.314. The molecule has 5 nitrogen and oxygen atoms in total. The molecule has 1 unspecified atom stereocenters. The lowest BCUT2D eigenvalue weighted by Crippen LogP contribution is -2.18. The normalized spacial score (nSPS) is 17.9. The van der Waals surface area contributed by atoms with Crippen molar-refractivity contribution in [2.24, 2.45) is 0 Å². The summed E-state index contributed by atoms with van der Waals surface area (Å²) in [7, 11) is 0. The van der Waals surface area contributed by atoms with E-state index in [1.165, 1.54) is 17.7 Å². The molecule has 0 fully saturated rings. The van der Waals surface area contributed by atoms with Crippen molar-refractivity contribution in [2.75, 3.05) is 5.32 Å². The second kappa shape index (κ2) is 5.11. The summed E-state index contributed by atoms with van der Waals surface area (Å²) in [5.74, 6) is 0. The molecule has 108 valence electrons. The predicted molar refractivity (Wildman–Crippen MR) is 84.6 cm³/mol. The van der Waals surface area contributed by atoms with Crippen LogP contribution in [0.25, 0.3) is 10.3 Å². The van der Waals surface area contributed by atoms with Crippen LogP contribution in [0.3, 0.4) is 0 Å². The van der Waals surface area contributed by atoms with E-state index in [1.807, 2.05) is 24.5 Å². The van der Waals surface area contributed by atoms with Crippen molar-refractivity contribution in [2.45, 2.75) is 38.8 Å². The highest BCUT2D eigenvalue weighted by atomic mass is 32.1. The van der Waals surface area contributed by atoms with Gasteiger partial charge in [0.2, 0.25) is 0 Å². The van der Waals surface area contributed by atoms with Gasteiger partial charge < -0.3 is 5.32 Å². The van der Waals surface area contributed by atoms with Gasteiger partial charge in [-0.15, -0.1) is 0 Å². The first-order valence-electron chi connectivity index (χ1n) is 7.38. The molecule has 6 heteroatoms. The fourth-order valence-corrected chi connectivity index (χ4v) is 3.88. The van der Waals surface area contributed by atoms with E-state index in [2.05, 4.69) is 32.0 Å². The highest BCUT2D eigenvalue weighted by molar-refractivity contribution is 7.21. The maximum Gasteiger partial charge on any atom is 0.185 e. The molecule has 1 aliphatic carbocycles. The summed E-state index contributed by atoms with van der Waals surface area (Å²) in [6, 6.07) is 4.25. The van der Waals surface area contributed by atoms with Crippen LogP contribution >= 0.6 is 11.3 Å². The second-order valence-corrected chi connectivity index (χ2v) is 6.28. The SMILES string of the molecule is CCn1ncc2c1CCCC2Nc1nc2cccnc2s1. The Morgan fingerprint density at radius 2 is 2.43 bits per heavy atom. The molecule has 0 saturated heterocycles. The van der Waals surface area contributed by atoms with Gasteiger partial charge in [0.1, 0.15) is 10.3 Å². The zero-order valence-corrected chi connectivity index (χ0v) is 12.7. The molecule has 0 radical (unpaired) electrons. The van der Waals surface area contributed by atoms with Crippen molar-refractivity contribution in [3.63, 3.8) is 0 Å². The Hall–Kier alpha value is -1.95. The molecule has 1 N–H and O–H groups in total. The number of aryl methyl sites for hydroxylation is 1. The van der Waals surface area contributed by atoms with Crippen molar-refractivity contribution >= 4 is 26.8 Å². The van der Waals surface area contributed by atoms with Crippen LogP contribution in [0.1, 0.15) is 37.1 Å². The zero-order valence-electron chi connectivity index (χ0n) is 11.9. The van der Waals surface area contributed by atoms with E-state index in [0.717, 1.165) is 34.9 Å². The lowest BCUT2D eigenvalue weighted by molar-refractivity contribution is 0.549. The van der Waals surface area contributed by atoms with Gasteiger partial charge in [-0.1, -0.05) is 11.3 Å². The standard InChI is InChI=1S/C15H17N5S/c1-2-20-13-7-3-5-11(10(13)9-17-20)18-15-19-12-6-4-8-16-14(12)21-15/h4,6,8-9,11H,2-3,5,7H2,1H3,(H,18,19). The molecule has 3 aromatic rings. The highest BCUT2D eigenvalue weighted by Crippen LogP contribution is 2.34. The van der Waals surface area contributed by atoms with Crippen LogP contribution in [0.5, 0.6) is 0 Å². The molecular formula is C15H17N5S. The van der Waals surface area contributed by atoms with Gasteiger partial charge in [-0.25, -0.2) is 9.97 Å². The Kier molecular flexibility index (Phi) is 3.11. The molecule has 4 rings (SSSR count). The number of thiazole rings is 1. The van der Waals surface area contributed by atoms with E-state index in [9.17, 15) is 0 Å². The van der Waals surface area contributed by atoms with Crippen molar-refractivity contribution in [1.82, 2.24) is 19.7 Å². The third kappa shape index (κ3) is 2.19. The number of pyridine rings is 1. The van der Waals surface area contributed by atoms with Gasteiger partial charge in [0.25, 0.3) is 0 Å². The Bertz CT molecular complexity index is 742. The molecule has 0 amide bonds. The molecule has 0 aromatic carbocycles. The van der Waals surface area contributed by atoms with E-state index in [-0.39, 0.29) is 0 Å². The average molecular weight is 299 g/mol. The molecule has 1 atom stereocenters. The Labute approximate surface area is 127 Å². The topological polar surface area (TPSA) is 55.6 Å². The number of hydrogen-bond donors (Lipinski definition) is 1. The summed E-state index contributed by atoms with van der Waals surface area (Å²) in [6.45, 7) is 3.08. The van der Waals surface area contributed by atoms with Crippen LogP contribution in [-0.2, 0) is 13.0 Å². The maximum atomic E-state index is 4.62. The number of aromatic nitrogens is 4. The summed E-state index contributed by atoms with van der Waals surface area (Å²) >= 11 is 1.62. The van der Waals surface area contributed by atoms with Gasteiger partial charge in [0, 0.05) is 24.0 Å². The van der Waals surface area contributed by atoms with Crippen LogP contribution < -0.4 is 5.32 Å². The number of hydrogen-bond acceptors (Lipinski definition) is 5. The first-order valence-corrected chi connectivity index (χ1v) is 8.19. The molecular weight excluding hydrogens is 282 g/mol. The molecule has 1 aliphatic rings. The largest absolute Gasteiger partial charge is 0.355 e. The predicted octanol–water partition coefficient (Wildman–Crippen LogP) is 3.40. The van der Waals surface area contributed by atoms with Gasteiger partial charge in [0.05, 0.1) is 12.2 Å². The fraction of sp³-hybridized carbons (Fsp3) is 0.400. The van der Waals surface area contributed by atoms with Crippen LogP contribution in [-0.4, -0.2) is 19.7 Å². The third-order valence-electron chi connectivity index (χ3n) is 4.03. The van der Waals surface area contributed by atoms with Gasteiger partial charge in [-0.05, 0) is 38.3 Å². The van der Waals surface area contributed by atoms with Crippen molar-refractivity contribution in [1.29, 1.82) is 0 Å². The Morgan fingerprint density at radius 1 is 1.48 bits per heavy atom. The molecule has 0 saturated carbocycles. The van der Waals surface area contributed by atoms with E-state index >= 15 is 0 Å². The molecule has 0 spiro atoms. The minimum Gasteiger partial charge on any atom is -0.355 e. The summed E-state index contributed by atoms with van der Waals surface area (Å²) < 4.78 is 2.11. The van der Waals surface area contributed by atoms with Crippen LogP contribution in [0.2, 0.25) is 0 Å². The van der Waals surface area contributed by atoms with Gasteiger partial charge in [0.15, 0.2) is 5.13 Å². The van der Waals surface area contributed by atoms with Crippen LogP contribution in [0.4, 0.5) is 5.13 Å². The van der Waals surface area contributed by atoms with E-state index in [4.69, 9.17) is 0 Å². The number of anilines is 1. The van der Waals surface area contributed by atoms with E-state index in [1.54, 1.807) is 11.3 Å². The number of rotatable bonds is 3. The third-order valence-corrected chi connectivity index (χ3v) is 4.94. The van der Waals surface area contributed by atoms with Crippen molar-refractivity contribution < 1.29 is 0 Å². The minimum absolute atomic E-state index is 0.314. The lowest BCUT2D eigenvalue weighted by Gasteiger charge is -2.23. The summed E-state index contributed by atoms with van der Waals surface area (Å²) in [4.78, 5) is 9.97. The zero-order chi connectivity index (χ0) is 14.2. The molecule has 3 heterocycles. The Morgan fingerprint density at radius 3 is 3.29 bits per heavy atom. The first kappa shape index (κ1) is 12.8. The smallest absolute Gasteiger partial charge is 0.185 e. The van der Waals surface area contributed by atoms with Crippen LogP contribution in [0, 0.1) is 0 Å². The maximum absolute atomic E-state index is 4.62. The van der Waals surface area contributed by atoms with Crippen molar-refractivity contribution in [3.8, 4) is 0 Å². The van der Waals surface area contributed by atoms with Gasteiger partial charge in [-0.3, -0.25) is 4.68 Å². The van der Waals surface area contributed by atoms with E-state index < -0.39 is 0 Å². The van der Waals surface area contributed by atoms with Gasteiger partial charge in [-0.2, -0.15) is 5.10 Å². The molecule has 0 bridgehead atoms. The lowest BCUT2D eigenvalue weighted by atomic mass is 9.93. The molecule has 3 aromatic heterocycles. The monoisotopic (exact) mass is 299 g/mol. The fourth-order valence-electron chi connectivity index (χ4n) is 3.02. The van der Waals surface area contributed by atoms with Gasteiger partial charge >= 0.3 is 0 Å². The number of nitrogens with zero attached hydrogens (tertiary/aromatic N) is 4. The number of fused-ring (bicyclic) bond motifs is 2. The Balaban J connectivity index is 1.64. The van der Waals surface area contributed by atoms with Crippen LogP contribution in [0.15, 0.2) is 24.5 Å². The number of nitrogens with one attached hydrogen (secondary N) is 1. The molecule has 21 heavy (non-hydrogen) atoms. The van der Waals surface area contributed by atoms with Crippen molar-refractivity contribution in [3.05, 3.63) is 35.8 Å². The second-order valence-electron chi connectivity index (χ2n) is 5.30. The molecule has 0 aliphatic heterocycles. The highest BCUT2D eigenvalue weighted by Gasteiger charge is 2.24. The van der Waals surface area contributed by atoms with E-state index in [0.29, 0.717) is 6.04 Å².